The van der Waals surface area contributed by atoms with Gasteiger partial charge in [-0.05, 0) is 12.1 Å². The van der Waals surface area contributed by atoms with E-state index in [1.54, 1.807) is 28.0 Å². The van der Waals surface area contributed by atoms with Crippen molar-refractivity contribution in [3.05, 3.63) is 33.8 Å². The van der Waals surface area contributed by atoms with Gasteiger partial charge in [-0.3, -0.25) is 14.4 Å². The molecule has 2 rings (SSSR count). The SMILES string of the molecule is NCC(=O)NCC(=O)N1CCN(C(=O)c2c(Cl)cccc2Cl)CC1. The molecule has 1 aromatic carbocycles. The van der Waals surface area contributed by atoms with Gasteiger partial charge in [0, 0.05) is 26.2 Å². The Morgan fingerprint density at radius 2 is 1.58 bits per heavy atom. The number of hydrogen-bond acceptors (Lipinski definition) is 4. The summed E-state index contributed by atoms with van der Waals surface area (Å²) in [6.07, 6.45) is 0. The van der Waals surface area contributed by atoms with Crippen molar-refractivity contribution in [3.63, 3.8) is 0 Å². The van der Waals surface area contributed by atoms with Gasteiger partial charge in [-0.1, -0.05) is 29.3 Å². The molecule has 130 valence electrons. The lowest BCUT2D eigenvalue weighted by Gasteiger charge is -2.35. The van der Waals surface area contributed by atoms with E-state index >= 15 is 0 Å². The normalized spacial score (nSPS) is 14.5. The first-order chi connectivity index (χ1) is 11.4. The molecule has 9 heteroatoms. The molecule has 1 fully saturated rings. The number of benzene rings is 1. The van der Waals surface area contributed by atoms with Crippen LogP contribution in [0.1, 0.15) is 10.4 Å². The maximum Gasteiger partial charge on any atom is 0.257 e. The minimum Gasteiger partial charge on any atom is -0.346 e. The zero-order valence-electron chi connectivity index (χ0n) is 12.9. The third-order valence-corrected chi connectivity index (χ3v) is 4.35. The van der Waals surface area contributed by atoms with Crippen molar-refractivity contribution in [2.24, 2.45) is 5.73 Å². The van der Waals surface area contributed by atoms with Gasteiger partial charge in [0.2, 0.25) is 11.8 Å². The topological polar surface area (TPSA) is 95.7 Å². The highest BCUT2D eigenvalue weighted by atomic mass is 35.5. The Kier molecular flexibility index (Phi) is 6.42. The fourth-order valence-electron chi connectivity index (χ4n) is 2.38. The molecule has 0 spiro atoms. The van der Waals surface area contributed by atoms with E-state index < -0.39 is 0 Å². The van der Waals surface area contributed by atoms with Crippen molar-refractivity contribution in [3.8, 4) is 0 Å². The molecule has 3 N–H and O–H groups in total. The molecule has 1 aromatic rings. The van der Waals surface area contributed by atoms with Crippen LogP contribution in [0.3, 0.4) is 0 Å². The van der Waals surface area contributed by atoms with Crippen LogP contribution in [0, 0.1) is 0 Å². The minimum absolute atomic E-state index is 0.0969. The monoisotopic (exact) mass is 372 g/mol. The number of rotatable bonds is 4. The molecule has 1 aliphatic rings. The fourth-order valence-corrected chi connectivity index (χ4v) is 2.94. The zero-order valence-corrected chi connectivity index (χ0v) is 14.4. The predicted octanol–water partition coefficient (Wildman–Crippen LogP) is 0.353. The van der Waals surface area contributed by atoms with Crippen molar-refractivity contribution in [1.29, 1.82) is 0 Å². The second-order valence-corrected chi connectivity index (χ2v) is 6.06. The summed E-state index contributed by atoms with van der Waals surface area (Å²) < 4.78 is 0. The molecule has 0 aromatic heterocycles. The van der Waals surface area contributed by atoms with E-state index in [1.807, 2.05) is 0 Å². The summed E-state index contributed by atoms with van der Waals surface area (Å²) in [4.78, 5) is 38.8. The summed E-state index contributed by atoms with van der Waals surface area (Å²) in [5.74, 6) is -0.848. The second kappa shape index (κ2) is 8.32. The lowest BCUT2D eigenvalue weighted by Crippen LogP contribution is -2.53. The van der Waals surface area contributed by atoms with Crippen molar-refractivity contribution in [1.82, 2.24) is 15.1 Å². The third-order valence-electron chi connectivity index (χ3n) is 3.72. The average Bonchev–Trinajstić information content (AvgIpc) is 2.59. The molecule has 0 atom stereocenters. The van der Waals surface area contributed by atoms with Crippen molar-refractivity contribution in [2.45, 2.75) is 0 Å². The fraction of sp³-hybridized carbons (Fsp3) is 0.400. The van der Waals surface area contributed by atoms with Gasteiger partial charge >= 0.3 is 0 Å². The van der Waals surface area contributed by atoms with Crippen LogP contribution in [0.4, 0.5) is 0 Å². The van der Waals surface area contributed by atoms with Crippen LogP contribution in [-0.4, -0.2) is 66.8 Å². The number of nitrogens with two attached hydrogens (primary N) is 1. The molecule has 0 unspecified atom stereocenters. The molecule has 0 aliphatic carbocycles. The lowest BCUT2D eigenvalue weighted by atomic mass is 10.1. The summed E-state index contributed by atoms with van der Waals surface area (Å²) in [5, 5.41) is 3.04. The minimum atomic E-state index is -0.384. The Morgan fingerprint density at radius 1 is 1.04 bits per heavy atom. The van der Waals surface area contributed by atoms with Crippen LogP contribution in [0.15, 0.2) is 18.2 Å². The predicted molar refractivity (Wildman–Crippen MR) is 91.0 cm³/mol. The molecule has 24 heavy (non-hydrogen) atoms. The van der Waals surface area contributed by atoms with Crippen LogP contribution in [0.2, 0.25) is 10.0 Å². The molecule has 7 nitrogen and oxygen atoms in total. The molecule has 1 heterocycles. The summed E-state index contributed by atoms with van der Waals surface area (Å²) in [6.45, 7) is 1.25. The van der Waals surface area contributed by atoms with Crippen LogP contribution in [-0.2, 0) is 9.59 Å². The van der Waals surface area contributed by atoms with E-state index in [2.05, 4.69) is 5.32 Å². The van der Waals surface area contributed by atoms with Gasteiger partial charge in [-0.2, -0.15) is 0 Å². The van der Waals surface area contributed by atoms with Gasteiger partial charge in [0.05, 0.1) is 28.7 Å². The first-order valence-electron chi connectivity index (χ1n) is 7.42. The van der Waals surface area contributed by atoms with E-state index in [1.165, 1.54) is 0 Å². The van der Waals surface area contributed by atoms with E-state index in [9.17, 15) is 14.4 Å². The summed E-state index contributed by atoms with van der Waals surface area (Å²) in [5.41, 5.74) is 5.44. The number of halogens is 2. The largest absolute Gasteiger partial charge is 0.346 e. The van der Waals surface area contributed by atoms with Gasteiger partial charge in [0.1, 0.15) is 0 Å². The van der Waals surface area contributed by atoms with E-state index in [4.69, 9.17) is 28.9 Å². The second-order valence-electron chi connectivity index (χ2n) is 5.25. The number of carbonyl (C=O) groups is 3. The van der Waals surface area contributed by atoms with E-state index in [0.29, 0.717) is 36.2 Å². The van der Waals surface area contributed by atoms with Crippen molar-refractivity contribution >= 4 is 40.9 Å². The van der Waals surface area contributed by atoms with Crippen LogP contribution < -0.4 is 11.1 Å². The Bertz CT molecular complexity index is 625. The van der Waals surface area contributed by atoms with Gasteiger partial charge in [-0.25, -0.2) is 0 Å². The molecular formula is C15H18Cl2N4O3. The number of amides is 3. The summed E-state index contributed by atoms with van der Waals surface area (Å²) >= 11 is 12.1. The van der Waals surface area contributed by atoms with E-state index in [-0.39, 0.29) is 36.4 Å². The van der Waals surface area contributed by atoms with Gasteiger partial charge in [0.15, 0.2) is 0 Å². The number of carbonyl (C=O) groups excluding carboxylic acids is 3. The standard InChI is InChI=1S/C15H18Cl2N4O3/c16-10-2-1-3-11(17)14(10)15(24)21-6-4-20(5-7-21)13(23)9-19-12(22)8-18/h1-3H,4-9,18H2,(H,19,22). The number of piperazine rings is 1. The Hall–Kier alpha value is -1.83. The highest BCUT2D eigenvalue weighted by Gasteiger charge is 2.27. The maximum atomic E-state index is 12.6. The first-order valence-corrected chi connectivity index (χ1v) is 8.17. The maximum absolute atomic E-state index is 12.6. The van der Waals surface area contributed by atoms with Crippen molar-refractivity contribution < 1.29 is 14.4 Å². The highest BCUT2D eigenvalue weighted by molar-refractivity contribution is 6.39. The number of nitrogens with one attached hydrogen (secondary N) is 1. The molecule has 0 bridgehead atoms. The van der Waals surface area contributed by atoms with Crippen LogP contribution >= 0.6 is 23.2 Å². The third kappa shape index (κ3) is 4.37. The van der Waals surface area contributed by atoms with Gasteiger partial charge in [-0.15, -0.1) is 0 Å². The Labute approximate surface area is 149 Å². The number of nitrogens with zero attached hydrogens (tertiary/aromatic N) is 2. The van der Waals surface area contributed by atoms with Crippen molar-refractivity contribution in [2.75, 3.05) is 39.3 Å². The highest BCUT2D eigenvalue weighted by Crippen LogP contribution is 2.26. The lowest BCUT2D eigenvalue weighted by molar-refractivity contribution is -0.133. The zero-order chi connectivity index (χ0) is 17.7. The average molecular weight is 373 g/mol. The smallest absolute Gasteiger partial charge is 0.257 e. The summed E-state index contributed by atoms with van der Waals surface area (Å²) in [6, 6.07) is 4.90. The molecular weight excluding hydrogens is 355 g/mol. The molecule has 1 aliphatic heterocycles. The Morgan fingerprint density at radius 3 is 2.12 bits per heavy atom. The number of hydrogen-bond donors (Lipinski definition) is 2. The Balaban J connectivity index is 1.92. The molecule has 3 amide bonds. The van der Waals surface area contributed by atoms with Crippen LogP contribution in [0.25, 0.3) is 0 Å². The van der Waals surface area contributed by atoms with Gasteiger partial charge < -0.3 is 20.9 Å². The molecule has 0 radical (unpaired) electrons. The van der Waals surface area contributed by atoms with Crippen LogP contribution in [0.5, 0.6) is 0 Å². The van der Waals surface area contributed by atoms with E-state index in [0.717, 1.165) is 0 Å². The molecule has 1 saturated heterocycles. The summed E-state index contributed by atoms with van der Waals surface area (Å²) in [7, 11) is 0. The molecule has 0 saturated carbocycles. The van der Waals surface area contributed by atoms with Gasteiger partial charge in [0.25, 0.3) is 5.91 Å². The quantitative estimate of drug-likeness (QED) is 0.796. The first kappa shape index (κ1) is 18.5.